The Balaban J connectivity index is 2.24. The van der Waals surface area contributed by atoms with Gasteiger partial charge in [-0.15, -0.1) is 0 Å². The lowest BCUT2D eigenvalue weighted by atomic mass is 9.86. The maximum absolute atomic E-state index is 9.26. The van der Waals surface area contributed by atoms with Gasteiger partial charge in [-0.2, -0.15) is 0 Å². The second-order valence-electron chi connectivity index (χ2n) is 3.07. The summed E-state index contributed by atoms with van der Waals surface area (Å²) in [5.74, 6) is 0.652. The Kier molecular flexibility index (Phi) is 1.60. The molecule has 0 saturated heterocycles. The van der Waals surface area contributed by atoms with Crippen LogP contribution in [0.3, 0.4) is 0 Å². The third-order valence-corrected chi connectivity index (χ3v) is 3.37. The predicted molar refractivity (Wildman–Crippen MR) is 45.1 cm³/mol. The number of aryl methyl sites for hydroxylation is 1. The van der Waals surface area contributed by atoms with Crippen molar-refractivity contribution in [3.05, 3.63) is 10.7 Å². The Hall–Kier alpha value is -0.570. The van der Waals surface area contributed by atoms with Gasteiger partial charge in [0.25, 0.3) is 0 Å². The zero-order chi connectivity index (χ0) is 7.84. The summed E-state index contributed by atoms with van der Waals surface area (Å²) >= 11 is 1.44. The second kappa shape index (κ2) is 2.48. The van der Waals surface area contributed by atoms with Gasteiger partial charge in [0.05, 0.1) is 10.7 Å². The minimum absolute atomic E-state index is 0.395. The number of hydrogen-bond acceptors (Lipinski definition) is 3. The van der Waals surface area contributed by atoms with E-state index in [4.69, 9.17) is 0 Å². The minimum Gasteiger partial charge on any atom is -0.498 e. The number of rotatable bonds is 1. The lowest BCUT2D eigenvalue weighted by Gasteiger charge is -2.22. The molecule has 0 aromatic carbocycles. The van der Waals surface area contributed by atoms with Crippen molar-refractivity contribution in [3.63, 3.8) is 0 Å². The summed E-state index contributed by atoms with van der Waals surface area (Å²) in [6, 6.07) is 0. The van der Waals surface area contributed by atoms with E-state index in [1.807, 2.05) is 6.92 Å². The average Bonchev–Trinajstić information content (AvgIpc) is 2.08. The first-order valence-electron chi connectivity index (χ1n) is 3.93. The van der Waals surface area contributed by atoms with E-state index in [1.165, 1.54) is 30.6 Å². The molecule has 2 nitrogen and oxygen atoms in total. The number of hydrogen-bond donors (Lipinski definition) is 1. The first kappa shape index (κ1) is 7.10. The van der Waals surface area contributed by atoms with Crippen molar-refractivity contribution in [2.75, 3.05) is 0 Å². The molecule has 11 heavy (non-hydrogen) atoms. The fourth-order valence-electron chi connectivity index (χ4n) is 1.24. The van der Waals surface area contributed by atoms with Crippen molar-refractivity contribution in [3.8, 4) is 5.06 Å². The van der Waals surface area contributed by atoms with Crippen LogP contribution in [0.1, 0.15) is 35.9 Å². The molecule has 0 unspecified atom stereocenters. The number of thiazole rings is 1. The zero-order valence-corrected chi connectivity index (χ0v) is 7.32. The van der Waals surface area contributed by atoms with E-state index < -0.39 is 0 Å². The van der Waals surface area contributed by atoms with Gasteiger partial charge < -0.3 is 5.11 Å². The van der Waals surface area contributed by atoms with E-state index in [0.717, 1.165) is 10.7 Å². The van der Waals surface area contributed by atoms with Crippen LogP contribution < -0.4 is 0 Å². The van der Waals surface area contributed by atoms with Crippen molar-refractivity contribution in [2.24, 2.45) is 0 Å². The molecule has 2 rings (SSSR count). The van der Waals surface area contributed by atoms with Gasteiger partial charge in [-0.3, -0.25) is 0 Å². The molecule has 1 saturated carbocycles. The van der Waals surface area contributed by atoms with Crippen molar-refractivity contribution in [1.82, 2.24) is 4.98 Å². The molecule has 0 bridgehead atoms. The molecule has 3 heteroatoms. The van der Waals surface area contributed by atoms with Gasteiger partial charge >= 0.3 is 0 Å². The maximum atomic E-state index is 9.26. The Morgan fingerprint density at radius 2 is 2.27 bits per heavy atom. The molecule has 60 valence electrons. The highest BCUT2D eigenvalue weighted by Crippen LogP contribution is 2.40. The van der Waals surface area contributed by atoms with Crippen LogP contribution in [0, 0.1) is 6.92 Å². The highest BCUT2D eigenvalue weighted by atomic mass is 32.1. The van der Waals surface area contributed by atoms with E-state index in [9.17, 15) is 5.11 Å². The minimum atomic E-state index is 0.395. The van der Waals surface area contributed by atoms with Gasteiger partial charge in [0, 0.05) is 5.92 Å². The van der Waals surface area contributed by atoms with Gasteiger partial charge in [-0.05, 0) is 19.8 Å². The second-order valence-corrected chi connectivity index (χ2v) is 4.08. The Bertz CT molecular complexity index is 246. The SMILES string of the molecule is Cc1nc(C2CCC2)sc1O. The quantitative estimate of drug-likeness (QED) is 0.700. The summed E-state index contributed by atoms with van der Waals surface area (Å²) in [5, 5.41) is 10.8. The standard InChI is InChI=1S/C8H11NOS/c1-5-8(10)11-7(9-5)6-3-2-4-6/h6,10H,2-4H2,1H3. The molecule has 1 heterocycles. The van der Waals surface area contributed by atoms with Gasteiger partial charge in [0.15, 0.2) is 5.06 Å². The smallest absolute Gasteiger partial charge is 0.194 e. The lowest BCUT2D eigenvalue weighted by molar-refractivity contribution is 0.418. The first-order valence-corrected chi connectivity index (χ1v) is 4.75. The summed E-state index contributed by atoms with van der Waals surface area (Å²) in [7, 11) is 0. The average molecular weight is 169 g/mol. The molecule has 0 atom stereocenters. The highest BCUT2D eigenvalue weighted by molar-refractivity contribution is 7.13. The van der Waals surface area contributed by atoms with Gasteiger partial charge in [-0.25, -0.2) is 4.98 Å². The van der Waals surface area contributed by atoms with Crippen molar-refractivity contribution in [2.45, 2.75) is 32.1 Å². The summed E-state index contributed by atoms with van der Waals surface area (Å²) < 4.78 is 0. The predicted octanol–water partition coefficient (Wildman–Crippen LogP) is 2.42. The van der Waals surface area contributed by atoms with E-state index >= 15 is 0 Å². The molecule has 0 radical (unpaired) electrons. The summed E-state index contributed by atoms with van der Waals surface area (Å²) in [5.41, 5.74) is 0.789. The van der Waals surface area contributed by atoms with E-state index in [1.54, 1.807) is 0 Å². The van der Waals surface area contributed by atoms with Crippen LogP contribution in [0.5, 0.6) is 5.06 Å². The van der Waals surface area contributed by atoms with Crippen LogP contribution in [-0.4, -0.2) is 10.1 Å². The maximum Gasteiger partial charge on any atom is 0.194 e. The van der Waals surface area contributed by atoms with Crippen LogP contribution in [-0.2, 0) is 0 Å². The molecule has 1 aliphatic carbocycles. The number of nitrogens with zero attached hydrogens (tertiary/aromatic N) is 1. The fraction of sp³-hybridized carbons (Fsp3) is 0.625. The third kappa shape index (κ3) is 1.13. The molecule has 0 spiro atoms. The first-order chi connectivity index (χ1) is 5.27. The number of aromatic nitrogens is 1. The van der Waals surface area contributed by atoms with Crippen LogP contribution in [0.4, 0.5) is 0 Å². The third-order valence-electron chi connectivity index (χ3n) is 2.24. The molecule has 1 aromatic heterocycles. The molecule has 1 N–H and O–H groups in total. The largest absolute Gasteiger partial charge is 0.498 e. The van der Waals surface area contributed by atoms with E-state index in [2.05, 4.69) is 4.98 Å². The van der Waals surface area contributed by atoms with Crippen LogP contribution in [0.25, 0.3) is 0 Å². The van der Waals surface area contributed by atoms with Crippen LogP contribution in [0.15, 0.2) is 0 Å². The molecule has 0 aliphatic heterocycles. The van der Waals surface area contributed by atoms with Gasteiger partial charge in [-0.1, -0.05) is 17.8 Å². The Morgan fingerprint density at radius 1 is 1.55 bits per heavy atom. The normalized spacial score (nSPS) is 18.3. The monoisotopic (exact) mass is 169 g/mol. The zero-order valence-electron chi connectivity index (χ0n) is 6.50. The van der Waals surface area contributed by atoms with Gasteiger partial charge in [0.2, 0.25) is 0 Å². The van der Waals surface area contributed by atoms with E-state index in [-0.39, 0.29) is 0 Å². The summed E-state index contributed by atoms with van der Waals surface area (Å²) in [6.45, 7) is 1.86. The fourth-order valence-corrected chi connectivity index (χ4v) is 2.22. The molecule has 0 amide bonds. The Labute approximate surface area is 69.9 Å². The highest BCUT2D eigenvalue weighted by Gasteiger charge is 2.23. The lowest BCUT2D eigenvalue weighted by Crippen LogP contribution is -2.07. The van der Waals surface area contributed by atoms with E-state index in [0.29, 0.717) is 11.0 Å². The molecule has 1 fully saturated rings. The van der Waals surface area contributed by atoms with Crippen LogP contribution >= 0.6 is 11.3 Å². The van der Waals surface area contributed by atoms with Gasteiger partial charge in [0.1, 0.15) is 0 Å². The Morgan fingerprint density at radius 3 is 2.64 bits per heavy atom. The van der Waals surface area contributed by atoms with Crippen molar-refractivity contribution in [1.29, 1.82) is 0 Å². The number of aromatic hydroxyl groups is 1. The van der Waals surface area contributed by atoms with Crippen LogP contribution in [0.2, 0.25) is 0 Å². The molecule has 1 aliphatic rings. The van der Waals surface area contributed by atoms with Crippen molar-refractivity contribution < 1.29 is 5.11 Å². The van der Waals surface area contributed by atoms with Crippen molar-refractivity contribution >= 4 is 11.3 Å². The topological polar surface area (TPSA) is 33.1 Å². The molecular weight excluding hydrogens is 158 g/mol. The molecular formula is C8H11NOS. The molecule has 1 aromatic rings. The summed E-state index contributed by atoms with van der Waals surface area (Å²) in [4.78, 5) is 4.30. The summed E-state index contributed by atoms with van der Waals surface area (Å²) in [6.07, 6.45) is 3.84.